The number of anilines is 2. The second-order valence-corrected chi connectivity index (χ2v) is 9.31. The van der Waals surface area contributed by atoms with E-state index in [-0.39, 0.29) is 23.1 Å². The van der Waals surface area contributed by atoms with Crippen LogP contribution in [0.4, 0.5) is 10.8 Å². The standard InChI is InChI=1S/C19H24N4O2S2/c1-5-16(24)23(14-7-8-14)18-21-22-19(27-18)26-13(4)17(25)20-15-9-6-11(2)10-12(15)3/h6,9-10,13-14H,5,7-8H2,1-4H3,(H,20,25)/t13-/m1/s1. The summed E-state index contributed by atoms with van der Waals surface area (Å²) in [4.78, 5) is 26.5. The van der Waals surface area contributed by atoms with E-state index < -0.39 is 0 Å². The van der Waals surface area contributed by atoms with Gasteiger partial charge in [-0.2, -0.15) is 0 Å². The Balaban J connectivity index is 1.64. The van der Waals surface area contributed by atoms with Gasteiger partial charge in [-0.3, -0.25) is 14.5 Å². The quantitative estimate of drug-likeness (QED) is 0.553. The van der Waals surface area contributed by atoms with Crippen molar-refractivity contribution < 1.29 is 9.59 Å². The largest absolute Gasteiger partial charge is 0.325 e. The average Bonchev–Trinajstić information content (AvgIpc) is 3.36. The van der Waals surface area contributed by atoms with Crippen LogP contribution in [0.25, 0.3) is 0 Å². The van der Waals surface area contributed by atoms with Crippen LogP contribution < -0.4 is 10.2 Å². The predicted octanol–water partition coefficient (Wildman–Crippen LogP) is 4.18. The summed E-state index contributed by atoms with van der Waals surface area (Å²) in [6, 6.07) is 6.21. The molecule has 1 aromatic carbocycles. The van der Waals surface area contributed by atoms with Crippen molar-refractivity contribution in [3.63, 3.8) is 0 Å². The minimum atomic E-state index is -0.317. The number of aromatic nitrogens is 2. The van der Waals surface area contributed by atoms with Crippen LogP contribution >= 0.6 is 23.1 Å². The second-order valence-electron chi connectivity index (χ2n) is 6.77. The highest BCUT2D eigenvalue weighted by Gasteiger charge is 2.35. The summed E-state index contributed by atoms with van der Waals surface area (Å²) >= 11 is 2.74. The highest BCUT2D eigenvalue weighted by molar-refractivity contribution is 8.02. The maximum Gasteiger partial charge on any atom is 0.237 e. The zero-order chi connectivity index (χ0) is 19.6. The molecule has 1 saturated carbocycles. The van der Waals surface area contributed by atoms with Crippen LogP contribution in [0.5, 0.6) is 0 Å². The first-order valence-electron chi connectivity index (χ1n) is 9.09. The van der Waals surface area contributed by atoms with Crippen LogP contribution in [-0.4, -0.2) is 33.3 Å². The Morgan fingerprint density at radius 1 is 1.33 bits per heavy atom. The number of amides is 2. The SMILES string of the molecule is CCC(=O)N(c1nnc(S[C@H](C)C(=O)Nc2ccc(C)cc2C)s1)C1CC1. The van der Waals surface area contributed by atoms with E-state index in [9.17, 15) is 9.59 Å². The minimum absolute atomic E-state index is 0.0748. The molecule has 27 heavy (non-hydrogen) atoms. The predicted molar refractivity (Wildman–Crippen MR) is 111 cm³/mol. The van der Waals surface area contributed by atoms with Crippen LogP contribution in [0.15, 0.2) is 22.5 Å². The lowest BCUT2D eigenvalue weighted by molar-refractivity contribution is -0.118. The Kier molecular flexibility index (Phi) is 6.16. The van der Waals surface area contributed by atoms with Gasteiger partial charge in [-0.1, -0.05) is 47.7 Å². The summed E-state index contributed by atoms with van der Waals surface area (Å²) < 4.78 is 0.697. The van der Waals surface area contributed by atoms with Crippen molar-refractivity contribution in [1.82, 2.24) is 10.2 Å². The molecule has 8 heteroatoms. The Bertz CT molecular complexity index is 848. The number of thioether (sulfide) groups is 1. The molecular weight excluding hydrogens is 380 g/mol. The number of aryl methyl sites for hydroxylation is 2. The van der Waals surface area contributed by atoms with Gasteiger partial charge < -0.3 is 5.32 Å². The molecule has 1 N–H and O–H groups in total. The Hall–Kier alpha value is -1.93. The fraction of sp³-hybridized carbons (Fsp3) is 0.474. The third-order valence-electron chi connectivity index (χ3n) is 4.37. The first-order chi connectivity index (χ1) is 12.9. The van der Waals surface area contributed by atoms with E-state index in [1.165, 1.54) is 23.1 Å². The van der Waals surface area contributed by atoms with Gasteiger partial charge in [0.2, 0.25) is 16.9 Å². The molecule has 1 aliphatic carbocycles. The van der Waals surface area contributed by atoms with Gasteiger partial charge in [-0.25, -0.2) is 0 Å². The zero-order valence-corrected chi connectivity index (χ0v) is 17.6. The summed E-state index contributed by atoms with van der Waals surface area (Å²) in [5, 5.41) is 11.7. The van der Waals surface area contributed by atoms with Gasteiger partial charge in [-0.05, 0) is 45.2 Å². The molecule has 0 radical (unpaired) electrons. The molecule has 1 heterocycles. The lowest BCUT2D eigenvalue weighted by Crippen LogP contribution is -2.32. The maximum atomic E-state index is 12.5. The Labute approximate surface area is 167 Å². The first kappa shape index (κ1) is 19.8. The van der Waals surface area contributed by atoms with E-state index in [1.807, 2.05) is 45.9 Å². The molecule has 0 unspecified atom stereocenters. The third kappa shape index (κ3) is 4.87. The topological polar surface area (TPSA) is 75.2 Å². The van der Waals surface area contributed by atoms with Crippen LogP contribution in [0, 0.1) is 13.8 Å². The smallest absolute Gasteiger partial charge is 0.237 e. The van der Waals surface area contributed by atoms with Crippen molar-refractivity contribution in [1.29, 1.82) is 0 Å². The number of hydrogen-bond donors (Lipinski definition) is 1. The minimum Gasteiger partial charge on any atom is -0.325 e. The molecule has 0 aliphatic heterocycles. The van der Waals surface area contributed by atoms with Crippen LogP contribution in [-0.2, 0) is 9.59 Å². The van der Waals surface area contributed by atoms with Crippen molar-refractivity contribution in [2.75, 3.05) is 10.2 Å². The van der Waals surface area contributed by atoms with Crippen molar-refractivity contribution in [2.24, 2.45) is 0 Å². The van der Waals surface area contributed by atoms with Crippen molar-refractivity contribution in [3.8, 4) is 0 Å². The van der Waals surface area contributed by atoms with Crippen LogP contribution in [0.3, 0.4) is 0 Å². The number of nitrogens with one attached hydrogen (secondary N) is 1. The molecular formula is C19H24N4O2S2. The van der Waals surface area contributed by atoms with E-state index in [4.69, 9.17) is 0 Å². The number of carbonyl (C=O) groups excluding carboxylic acids is 2. The van der Waals surface area contributed by atoms with Gasteiger partial charge in [0.15, 0.2) is 4.34 Å². The van der Waals surface area contributed by atoms with E-state index >= 15 is 0 Å². The molecule has 3 rings (SSSR count). The van der Waals surface area contributed by atoms with Gasteiger partial charge in [0.05, 0.1) is 5.25 Å². The molecule has 0 spiro atoms. The highest BCUT2D eigenvalue weighted by atomic mass is 32.2. The van der Waals surface area contributed by atoms with Crippen LogP contribution in [0.1, 0.15) is 44.2 Å². The maximum absolute atomic E-state index is 12.5. The molecule has 1 atom stereocenters. The molecule has 6 nitrogen and oxygen atoms in total. The summed E-state index contributed by atoms with van der Waals surface area (Å²) in [6.07, 6.45) is 2.48. The molecule has 1 aromatic heterocycles. The molecule has 144 valence electrons. The van der Waals surface area contributed by atoms with E-state index in [1.54, 1.807) is 4.90 Å². The first-order valence-corrected chi connectivity index (χ1v) is 10.8. The lowest BCUT2D eigenvalue weighted by Gasteiger charge is -2.17. The van der Waals surface area contributed by atoms with E-state index in [0.29, 0.717) is 15.9 Å². The molecule has 1 fully saturated rings. The summed E-state index contributed by atoms with van der Waals surface area (Å²) in [6.45, 7) is 7.71. The van der Waals surface area contributed by atoms with Crippen molar-refractivity contribution in [3.05, 3.63) is 29.3 Å². The lowest BCUT2D eigenvalue weighted by atomic mass is 10.1. The number of benzene rings is 1. The van der Waals surface area contributed by atoms with Gasteiger partial charge in [-0.15, -0.1) is 10.2 Å². The summed E-state index contributed by atoms with van der Waals surface area (Å²) in [7, 11) is 0. The number of carbonyl (C=O) groups is 2. The van der Waals surface area contributed by atoms with Gasteiger partial charge in [0.25, 0.3) is 0 Å². The van der Waals surface area contributed by atoms with Gasteiger partial charge in [0.1, 0.15) is 0 Å². The summed E-state index contributed by atoms with van der Waals surface area (Å²) in [5.41, 5.74) is 3.03. The van der Waals surface area contributed by atoms with E-state index in [0.717, 1.165) is 29.7 Å². The van der Waals surface area contributed by atoms with Crippen molar-refractivity contribution in [2.45, 2.75) is 62.6 Å². The average molecular weight is 405 g/mol. The molecule has 0 bridgehead atoms. The fourth-order valence-corrected chi connectivity index (χ4v) is 4.78. The molecule has 2 amide bonds. The van der Waals surface area contributed by atoms with Crippen LogP contribution in [0.2, 0.25) is 0 Å². The van der Waals surface area contributed by atoms with Gasteiger partial charge in [0, 0.05) is 18.2 Å². The number of hydrogen-bond acceptors (Lipinski definition) is 6. The molecule has 2 aromatic rings. The molecule has 0 saturated heterocycles. The number of nitrogens with zero attached hydrogens (tertiary/aromatic N) is 3. The normalized spacial score (nSPS) is 14.7. The number of rotatable bonds is 7. The molecule has 1 aliphatic rings. The monoisotopic (exact) mass is 404 g/mol. The second kappa shape index (κ2) is 8.39. The third-order valence-corrected chi connectivity index (χ3v) is 6.48. The zero-order valence-electron chi connectivity index (χ0n) is 16.0. The highest BCUT2D eigenvalue weighted by Crippen LogP contribution is 2.37. The fourth-order valence-electron chi connectivity index (χ4n) is 2.71. The van der Waals surface area contributed by atoms with Gasteiger partial charge >= 0.3 is 0 Å². The van der Waals surface area contributed by atoms with E-state index in [2.05, 4.69) is 15.5 Å². The Morgan fingerprint density at radius 2 is 2.07 bits per heavy atom. The summed E-state index contributed by atoms with van der Waals surface area (Å²) in [5.74, 6) is -0.00164. The van der Waals surface area contributed by atoms with Crippen molar-refractivity contribution >= 4 is 45.7 Å². The Morgan fingerprint density at radius 3 is 2.70 bits per heavy atom.